The van der Waals surface area contributed by atoms with Crippen LogP contribution in [0.5, 0.6) is 0 Å². The summed E-state index contributed by atoms with van der Waals surface area (Å²) in [5, 5.41) is 0. The molecule has 0 bridgehead atoms. The number of hydrogen-bond donors (Lipinski definition) is 0. The van der Waals surface area contributed by atoms with Crippen LogP contribution in [0.25, 0.3) is 0 Å². The fourth-order valence-corrected chi connectivity index (χ4v) is 1.87. The van der Waals surface area contributed by atoms with Crippen molar-refractivity contribution in [1.82, 2.24) is 4.31 Å². The van der Waals surface area contributed by atoms with E-state index >= 15 is 0 Å². The maximum absolute atomic E-state index is 4.15. The van der Waals surface area contributed by atoms with Crippen LogP contribution < -0.4 is 0 Å². The summed E-state index contributed by atoms with van der Waals surface area (Å²) in [7, 11) is 4.04. The minimum Gasteiger partial charge on any atom is -0.257 e. The zero-order valence-electron chi connectivity index (χ0n) is 22.5. The van der Waals surface area contributed by atoms with Crippen LogP contribution in [0.4, 0.5) is 0 Å². The molecule has 0 aliphatic rings. The largest absolute Gasteiger partial charge is 0.257 e. The van der Waals surface area contributed by atoms with E-state index in [2.05, 4.69) is 74.1 Å². The molecule has 0 fully saturated rings. The molecule has 0 N–H and O–H groups in total. The molecule has 180 valence electrons. The highest BCUT2D eigenvalue weighted by molar-refractivity contribution is 7.96. The lowest BCUT2D eigenvalue weighted by molar-refractivity contribution is 0.706. The van der Waals surface area contributed by atoms with E-state index in [0.717, 1.165) is 57.4 Å². The third-order valence-corrected chi connectivity index (χ3v) is 5.11. The third-order valence-electron chi connectivity index (χ3n) is 4.38. The summed E-state index contributed by atoms with van der Waals surface area (Å²) in [4.78, 5) is 0. The van der Waals surface area contributed by atoms with Crippen molar-refractivity contribution in [2.75, 3.05) is 20.4 Å². The van der Waals surface area contributed by atoms with Gasteiger partial charge in [-0.15, -0.1) is 0 Å². The van der Waals surface area contributed by atoms with Crippen LogP contribution in [0.15, 0.2) is 108 Å². The second-order valence-corrected chi connectivity index (χ2v) is 8.81. The molecule has 0 amide bonds. The molecule has 0 aromatic carbocycles. The summed E-state index contributed by atoms with van der Waals surface area (Å²) in [6.45, 7) is 36.9. The highest BCUT2D eigenvalue weighted by Crippen LogP contribution is 2.23. The first-order valence-electron chi connectivity index (χ1n) is 11.2. The van der Waals surface area contributed by atoms with Crippen molar-refractivity contribution >= 4 is 11.9 Å². The molecule has 2 heteroatoms. The van der Waals surface area contributed by atoms with Gasteiger partial charge in [0.25, 0.3) is 0 Å². The molecule has 0 aromatic rings. The molecule has 1 nitrogen and oxygen atoms in total. The molecule has 0 radical (unpaired) electrons. The van der Waals surface area contributed by atoms with Gasteiger partial charge in [0.15, 0.2) is 0 Å². The Bertz CT molecular complexity index is 739. The summed E-state index contributed by atoms with van der Waals surface area (Å²) in [6, 6.07) is 0. The van der Waals surface area contributed by atoms with Gasteiger partial charge in [-0.3, -0.25) is 4.31 Å². The Morgan fingerprint density at radius 3 is 1.53 bits per heavy atom. The number of allylic oxidation sites excluding steroid dienone is 12. The molecule has 0 aromatic heterocycles. The minimum absolute atomic E-state index is 0.861. The first-order valence-corrected chi connectivity index (χ1v) is 12.4. The molecule has 0 spiro atoms. The van der Waals surface area contributed by atoms with Crippen molar-refractivity contribution in [1.29, 1.82) is 0 Å². The molecule has 0 saturated carbocycles. The first-order chi connectivity index (χ1) is 14.8. The Balaban J connectivity index is -0.000000897. The highest BCUT2D eigenvalue weighted by atomic mass is 32.2. The van der Waals surface area contributed by atoms with E-state index < -0.39 is 0 Å². The molecule has 32 heavy (non-hydrogen) atoms. The number of rotatable bonds is 11. The molecule has 0 heterocycles. The Morgan fingerprint density at radius 1 is 0.719 bits per heavy atom. The van der Waals surface area contributed by atoms with Gasteiger partial charge in [-0.1, -0.05) is 121 Å². The summed E-state index contributed by atoms with van der Waals surface area (Å²) in [5.74, 6) is 0. The Kier molecular flexibility index (Phi) is 22.5. The van der Waals surface area contributed by atoms with Crippen LogP contribution in [-0.4, -0.2) is 24.7 Å². The van der Waals surface area contributed by atoms with Crippen LogP contribution in [0.3, 0.4) is 0 Å². The van der Waals surface area contributed by atoms with Crippen molar-refractivity contribution in [3.63, 3.8) is 0 Å². The number of hydrogen-bond acceptors (Lipinski definition) is 2. The van der Waals surface area contributed by atoms with Crippen LogP contribution >= 0.6 is 11.9 Å². The average molecular weight is 456 g/mol. The van der Waals surface area contributed by atoms with Gasteiger partial charge >= 0.3 is 0 Å². The van der Waals surface area contributed by atoms with Crippen molar-refractivity contribution < 1.29 is 0 Å². The van der Waals surface area contributed by atoms with Gasteiger partial charge in [-0.2, -0.15) is 0 Å². The standard InChI is InChI=1S/C24H32.C3H9NS.C3H8/c1-11-17(3)13-14-19(5)21(7)16-23(9)24(10)22(8)15-20(6)18(4)12-2;1-4(2)5-3;1-3-2/h13-16H,3-5,7-8,10-12H2,1-2,6,9H3;1-3H3;3H2,1-2H3/b14-13-,20-15-,23-16-;;. The Labute approximate surface area is 205 Å². The van der Waals surface area contributed by atoms with Gasteiger partial charge in [0, 0.05) is 0 Å². The normalized spacial score (nSPS) is 11.2. The van der Waals surface area contributed by atoms with E-state index in [0.29, 0.717) is 0 Å². The van der Waals surface area contributed by atoms with E-state index in [1.54, 1.807) is 11.9 Å². The quantitative estimate of drug-likeness (QED) is 0.225. The van der Waals surface area contributed by atoms with Gasteiger partial charge in [-0.05, 0) is 80.5 Å². The molecular weight excluding hydrogens is 406 g/mol. The summed E-state index contributed by atoms with van der Waals surface area (Å²) >= 11 is 1.71. The van der Waals surface area contributed by atoms with E-state index in [9.17, 15) is 0 Å². The predicted octanol–water partition coefficient (Wildman–Crippen LogP) is 9.83. The smallest absolute Gasteiger partial charge is 0.00286 e. The van der Waals surface area contributed by atoms with Gasteiger partial charge in [0.1, 0.15) is 0 Å². The summed E-state index contributed by atoms with van der Waals surface area (Å²) in [6.07, 6.45) is 13.1. The van der Waals surface area contributed by atoms with E-state index in [1.807, 2.05) is 55.9 Å². The van der Waals surface area contributed by atoms with Gasteiger partial charge in [0.2, 0.25) is 0 Å². The topological polar surface area (TPSA) is 3.24 Å². The minimum atomic E-state index is 0.861. The highest BCUT2D eigenvalue weighted by Gasteiger charge is 2.04. The van der Waals surface area contributed by atoms with Gasteiger partial charge in [-0.25, -0.2) is 0 Å². The summed E-state index contributed by atoms with van der Waals surface area (Å²) < 4.78 is 2.04. The Hall–Kier alpha value is -2.03. The van der Waals surface area contributed by atoms with Crippen molar-refractivity contribution in [3.8, 4) is 0 Å². The fourth-order valence-electron chi connectivity index (χ4n) is 1.87. The van der Waals surface area contributed by atoms with Crippen molar-refractivity contribution in [3.05, 3.63) is 108 Å². The molecule has 0 aliphatic carbocycles. The molecule has 0 saturated heterocycles. The van der Waals surface area contributed by atoms with Crippen LogP contribution in [-0.2, 0) is 0 Å². The summed E-state index contributed by atoms with van der Waals surface area (Å²) in [5.41, 5.74) is 7.87. The monoisotopic (exact) mass is 455 g/mol. The Morgan fingerprint density at radius 2 is 1.16 bits per heavy atom. The first kappa shape index (κ1) is 34.6. The second kappa shape index (κ2) is 20.8. The fraction of sp³-hybridized carbons (Fsp3) is 0.400. The molecule has 0 atom stereocenters. The SMILES string of the molecule is C=C(/C=C\C(=C)C(=C)/C=C(/C)C(=C)C(=C)/C=C(/C)C(=C)CC)CC.CCC.CSN(C)C. The average Bonchev–Trinajstić information content (AvgIpc) is 2.76. The van der Waals surface area contributed by atoms with E-state index in [4.69, 9.17) is 0 Å². The van der Waals surface area contributed by atoms with Crippen LogP contribution in [0.1, 0.15) is 60.8 Å². The lowest BCUT2D eigenvalue weighted by Crippen LogP contribution is -1.95. The van der Waals surface area contributed by atoms with Crippen LogP contribution in [0, 0.1) is 0 Å². The van der Waals surface area contributed by atoms with Crippen molar-refractivity contribution in [2.24, 2.45) is 0 Å². The maximum atomic E-state index is 4.15. The lowest BCUT2D eigenvalue weighted by Gasteiger charge is -2.10. The molecule has 0 rings (SSSR count). The number of nitrogens with zero attached hydrogens (tertiary/aromatic N) is 1. The maximum Gasteiger partial charge on any atom is -0.00286 e. The van der Waals surface area contributed by atoms with Crippen LogP contribution in [0.2, 0.25) is 0 Å². The zero-order chi connectivity index (χ0) is 25.9. The molecular formula is C30H49NS. The van der Waals surface area contributed by atoms with E-state index in [-0.39, 0.29) is 0 Å². The zero-order valence-corrected chi connectivity index (χ0v) is 23.3. The van der Waals surface area contributed by atoms with E-state index in [1.165, 1.54) is 6.42 Å². The third kappa shape index (κ3) is 18.7. The molecule has 0 unspecified atom stereocenters. The second-order valence-electron chi connectivity index (χ2n) is 7.71. The lowest BCUT2D eigenvalue weighted by atomic mass is 9.95. The predicted molar refractivity (Wildman–Crippen MR) is 155 cm³/mol. The van der Waals surface area contributed by atoms with Gasteiger partial charge in [0.05, 0.1) is 0 Å². The van der Waals surface area contributed by atoms with Gasteiger partial charge < -0.3 is 0 Å². The molecule has 0 aliphatic heterocycles. The van der Waals surface area contributed by atoms with Crippen molar-refractivity contribution in [2.45, 2.75) is 60.8 Å².